The smallest absolute Gasteiger partial charge is 0.0363 e. The third-order valence-electron chi connectivity index (χ3n) is 3.87. The van der Waals surface area contributed by atoms with Crippen LogP contribution >= 0.6 is 15.9 Å². The van der Waals surface area contributed by atoms with Crippen molar-refractivity contribution in [3.05, 3.63) is 64.1 Å². The lowest BCUT2D eigenvalue weighted by Gasteiger charge is -2.22. The average Bonchev–Trinajstić information content (AvgIpc) is 2.52. The third-order valence-corrected chi connectivity index (χ3v) is 4.59. The van der Waals surface area contributed by atoms with Crippen molar-refractivity contribution in [2.45, 2.75) is 25.8 Å². The predicted octanol–water partition coefficient (Wildman–Crippen LogP) is 4.54. The summed E-state index contributed by atoms with van der Waals surface area (Å²) in [5.74, 6) is 0. The molecule has 2 N–H and O–H groups in total. The Morgan fingerprint density at radius 2 is 1.76 bits per heavy atom. The monoisotopic (exact) mass is 346 g/mol. The van der Waals surface area contributed by atoms with Gasteiger partial charge in [0.25, 0.3) is 0 Å². The van der Waals surface area contributed by atoms with Crippen LogP contribution in [0.5, 0.6) is 0 Å². The highest BCUT2D eigenvalue weighted by Crippen LogP contribution is 2.24. The summed E-state index contributed by atoms with van der Waals surface area (Å²) in [6, 6.07) is 17.0. The van der Waals surface area contributed by atoms with Crippen molar-refractivity contribution in [2.24, 2.45) is 5.73 Å². The number of nitrogens with two attached hydrogens (primary N) is 1. The van der Waals surface area contributed by atoms with Crippen LogP contribution in [0.25, 0.3) is 0 Å². The molecule has 2 aromatic carbocycles. The molecule has 0 fully saturated rings. The molecule has 0 aliphatic rings. The van der Waals surface area contributed by atoms with Gasteiger partial charge in [0.2, 0.25) is 0 Å². The van der Waals surface area contributed by atoms with Gasteiger partial charge in [-0.3, -0.25) is 0 Å². The fourth-order valence-electron chi connectivity index (χ4n) is 2.38. The molecule has 0 amide bonds. The molecule has 0 radical (unpaired) electrons. The molecule has 1 atom stereocenters. The highest BCUT2D eigenvalue weighted by Gasteiger charge is 2.10. The highest BCUT2D eigenvalue weighted by atomic mass is 79.9. The zero-order valence-electron chi connectivity index (χ0n) is 12.7. The van der Waals surface area contributed by atoms with E-state index in [0.717, 1.165) is 23.9 Å². The second-order valence-corrected chi connectivity index (χ2v) is 6.21. The van der Waals surface area contributed by atoms with Crippen LogP contribution in [0.2, 0.25) is 0 Å². The van der Waals surface area contributed by atoms with Gasteiger partial charge in [0.15, 0.2) is 0 Å². The summed E-state index contributed by atoms with van der Waals surface area (Å²) in [5.41, 5.74) is 10.1. The first-order chi connectivity index (χ1) is 10.1. The maximum atomic E-state index is 6.31. The molecule has 0 saturated heterocycles. The molecular weight excluding hydrogens is 324 g/mol. The zero-order valence-corrected chi connectivity index (χ0v) is 14.3. The normalized spacial score (nSPS) is 12.2. The van der Waals surface area contributed by atoms with Crippen molar-refractivity contribution in [3.63, 3.8) is 0 Å². The first kappa shape index (κ1) is 16.1. The van der Waals surface area contributed by atoms with Gasteiger partial charge in [0.05, 0.1) is 0 Å². The van der Waals surface area contributed by atoms with Crippen LogP contribution in [-0.4, -0.2) is 13.6 Å². The van der Waals surface area contributed by atoms with Crippen LogP contribution in [0.1, 0.15) is 30.5 Å². The standard InChI is InChI=1S/C18H23BrN2/c1-3-14-8-10-15(11-9-14)21(2)13-12-18(20)16-6-4-5-7-17(16)19/h4-11,18H,3,12-13,20H2,1-2H3. The Morgan fingerprint density at radius 1 is 1.10 bits per heavy atom. The van der Waals surface area contributed by atoms with Gasteiger partial charge >= 0.3 is 0 Å². The van der Waals surface area contributed by atoms with E-state index in [0.29, 0.717) is 0 Å². The van der Waals surface area contributed by atoms with Gasteiger partial charge in [-0.2, -0.15) is 0 Å². The molecular formula is C18H23BrN2. The third kappa shape index (κ3) is 4.32. The van der Waals surface area contributed by atoms with Crippen LogP contribution in [-0.2, 0) is 6.42 Å². The molecule has 112 valence electrons. The number of anilines is 1. The van der Waals surface area contributed by atoms with Crippen molar-refractivity contribution in [2.75, 3.05) is 18.5 Å². The molecule has 0 aliphatic carbocycles. The Kier molecular flexibility index (Phi) is 5.83. The zero-order chi connectivity index (χ0) is 15.2. The SMILES string of the molecule is CCc1ccc(N(C)CCC(N)c2ccccc2Br)cc1. The summed E-state index contributed by atoms with van der Waals surface area (Å²) in [6.45, 7) is 3.11. The van der Waals surface area contributed by atoms with Crippen molar-refractivity contribution in [1.29, 1.82) is 0 Å². The largest absolute Gasteiger partial charge is 0.375 e. The molecule has 0 aliphatic heterocycles. The van der Waals surface area contributed by atoms with Gasteiger partial charge < -0.3 is 10.6 Å². The fraction of sp³-hybridized carbons (Fsp3) is 0.333. The minimum Gasteiger partial charge on any atom is -0.375 e. The van der Waals surface area contributed by atoms with Crippen molar-refractivity contribution < 1.29 is 0 Å². The molecule has 1 unspecified atom stereocenters. The first-order valence-electron chi connectivity index (χ1n) is 7.42. The topological polar surface area (TPSA) is 29.3 Å². The van der Waals surface area contributed by atoms with E-state index < -0.39 is 0 Å². The number of hydrogen-bond donors (Lipinski definition) is 1. The summed E-state index contributed by atoms with van der Waals surface area (Å²) in [7, 11) is 2.12. The minimum atomic E-state index is 0.0536. The molecule has 2 rings (SSSR count). The van der Waals surface area contributed by atoms with Crippen LogP contribution in [0.3, 0.4) is 0 Å². The second-order valence-electron chi connectivity index (χ2n) is 5.36. The number of halogens is 1. The Bertz CT molecular complexity index is 566. The second kappa shape index (κ2) is 7.62. The Morgan fingerprint density at radius 3 is 2.38 bits per heavy atom. The van der Waals surface area contributed by atoms with Crippen LogP contribution < -0.4 is 10.6 Å². The summed E-state index contributed by atoms with van der Waals surface area (Å²) in [5, 5.41) is 0. The molecule has 2 nitrogen and oxygen atoms in total. The van der Waals surface area contributed by atoms with E-state index in [1.54, 1.807) is 0 Å². The van der Waals surface area contributed by atoms with Crippen molar-refractivity contribution in [3.8, 4) is 0 Å². The van der Waals surface area contributed by atoms with Gasteiger partial charge in [-0.25, -0.2) is 0 Å². The van der Waals surface area contributed by atoms with Crippen molar-refractivity contribution >= 4 is 21.6 Å². The van der Waals surface area contributed by atoms with Gasteiger partial charge in [-0.05, 0) is 42.2 Å². The summed E-state index contributed by atoms with van der Waals surface area (Å²) in [4.78, 5) is 2.26. The molecule has 0 heterocycles. The van der Waals surface area contributed by atoms with Gasteiger partial charge in [-0.15, -0.1) is 0 Å². The molecule has 21 heavy (non-hydrogen) atoms. The van der Waals surface area contributed by atoms with Crippen LogP contribution in [0.15, 0.2) is 53.0 Å². The minimum absolute atomic E-state index is 0.0536. The lowest BCUT2D eigenvalue weighted by atomic mass is 10.0. The molecule has 0 aromatic heterocycles. The first-order valence-corrected chi connectivity index (χ1v) is 8.21. The number of aryl methyl sites for hydroxylation is 1. The van der Waals surface area contributed by atoms with E-state index in [1.807, 2.05) is 18.2 Å². The maximum Gasteiger partial charge on any atom is 0.0363 e. The number of rotatable bonds is 6. The molecule has 2 aromatic rings. The molecule has 0 bridgehead atoms. The average molecular weight is 347 g/mol. The van der Waals surface area contributed by atoms with E-state index in [9.17, 15) is 0 Å². The lowest BCUT2D eigenvalue weighted by molar-refractivity contribution is 0.643. The molecule has 0 spiro atoms. The van der Waals surface area contributed by atoms with Crippen LogP contribution in [0.4, 0.5) is 5.69 Å². The summed E-state index contributed by atoms with van der Waals surface area (Å²) in [6.07, 6.45) is 2.01. The Hall–Kier alpha value is -1.32. The number of nitrogens with zero attached hydrogens (tertiary/aromatic N) is 1. The fourth-order valence-corrected chi connectivity index (χ4v) is 2.96. The van der Waals surface area contributed by atoms with Crippen molar-refractivity contribution in [1.82, 2.24) is 0 Å². The van der Waals surface area contributed by atoms with E-state index in [-0.39, 0.29) is 6.04 Å². The van der Waals surface area contributed by atoms with Gasteiger partial charge in [0, 0.05) is 29.8 Å². The lowest BCUT2D eigenvalue weighted by Crippen LogP contribution is -2.23. The van der Waals surface area contributed by atoms with E-state index >= 15 is 0 Å². The molecule has 3 heteroatoms. The summed E-state index contributed by atoms with van der Waals surface area (Å²) >= 11 is 3.57. The quantitative estimate of drug-likeness (QED) is 0.831. The Balaban J connectivity index is 1.94. The van der Waals surface area contributed by atoms with Gasteiger partial charge in [0.1, 0.15) is 0 Å². The summed E-state index contributed by atoms with van der Waals surface area (Å²) < 4.78 is 1.09. The molecule has 0 saturated carbocycles. The highest BCUT2D eigenvalue weighted by molar-refractivity contribution is 9.10. The Labute approximate surface area is 136 Å². The maximum absolute atomic E-state index is 6.31. The number of benzene rings is 2. The van der Waals surface area contributed by atoms with E-state index in [1.165, 1.54) is 16.8 Å². The number of hydrogen-bond acceptors (Lipinski definition) is 2. The van der Waals surface area contributed by atoms with E-state index in [2.05, 4.69) is 65.1 Å². The van der Waals surface area contributed by atoms with Gasteiger partial charge in [-0.1, -0.05) is 53.2 Å². The van der Waals surface area contributed by atoms with E-state index in [4.69, 9.17) is 5.73 Å². The predicted molar refractivity (Wildman–Crippen MR) is 94.8 cm³/mol. The van der Waals surface area contributed by atoms with Crippen LogP contribution in [0, 0.1) is 0 Å².